The van der Waals surface area contributed by atoms with E-state index in [4.69, 9.17) is 4.74 Å². The Hall–Kier alpha value is -2.97. The fourth-order valence-corrected chi connectivity index (χ4v) is 5.69. The number of carbonyl (C=O) groups is 1. The first kappa shape index (κ1) is 27.6. The number of rotatable bonds is 11. The average Bonchev–Trinajstić information content (AvgIpc) is 2.87. The second-order valence-corrected chi connectivity index (χ2v) is 11.8. The summed E-state index contributed by atoms with van der Waals surface area (Å²) in [5.74, 6) is 0.683. The fraction of sp³-hybridized carbons (Fsp3) is 0.321. The molecule has 0 aliphatic rings. The molecule has 0 spiro atoms. The Kier molecular flexibility index (Phi) is 9.45. The van der Waals surface area contributed by atoms with E-state index in [1.165, 1.54) is 16.1 Å². The minimum Gasteiger partial charge on any atom is -0.497 e. The Morgan fingerprint density at radius 2 is 1.58 bits per heavy atom. The van der Waals surface area contributed by atoms with Crippen molar-refractivity contribution in [2.24, 2.45) is 5.92 Å². The number of anilines is 1. The lowest BCUT2D eigenvalue weighted by Crippen LogP contribution is -2.42. The van der Waals surface area contributed by atoms with Crippen molar-refractivity contribution in [1.29, 1.82) is 0 Å². The number of carbonyl (C=O) groups excluding carboxylic acids is 1. The molecular weight excluding hydrogens is 492 g/mol. The van der Waals surface area contributed by atoms with Gasteiger partial charge in [-0.25, -0.2) is 8.42 Å². The SMILES string of the molecule is COc1ccc([C@H](CC(C)C)NC(=O)CN(c2ccc(C)cc2)S(=O)(=O)c2ccc(SC)cc2)cc1. The zero-order chi connectivity index (χ0) is 26.3. The molecule has 0 saturated heterocycles. The third-order valence-corrected chi connectivity index (χ3v) is 8.35. The quantitative estimate of drug-likeness (QED) is 0.319. The van der Waals surface area contributed by atoms with Gasteiger partial charge in [0, 0.05) is 4.90 Å². The lowest BCUT2D eigenvalue weighted by atomic mass is 9.97. The molecule has 192 valence electrons. The molecule has 6 nitrogen and oxygen atoms in total. The Morgan fingerprint density at radius 1 is 0.972 bits per heavy atom. The minimum atomic E-state index is -3.97. The molecule has 0 fully saturated rings. The maximum Gasteiger partial charge on any atom is 0.264 e. The van der Waals surface area contributed by atoms with Gasteiger partial charge < -0.3 is 10.1 Å². The van der Waals surface area contributed by atoms with Crippen LogP contribution >= 0.6 is 11.8 Å². The maximum absolute atomic E-state index is 13.7. The van der Waals surface area contributed by atoms with Crippen molar-refractivity contribution in [3.63, 3.8) is 0 Å². The molecular formula is C28H34N2O4S2. The van der Waals surface area contributed by atoms with E-state index in [1.54, 1.807) is 43.5 Å². The summed E-state index contributed by atoms with van der Waals surface area (Å²) in [5, 5.41) is 3.07. The van der Waals surface area contributed by atoms with Gasteiger partial charge in [-0.2, -0.15) is 0 Å². The van der Waals surface area contributed by atoms with Crippen molar-refractivity contribution < 1.29 is 17.9 Å². The van der Waals surface area contributed by atoms with Crippen LogP contribution in [0.4, 0.5) is 5.69 Å². The highest BCUT2D eigenvalue weighted by Gasteiger charge is 2.28. The minimum absolute atomic E-state index is 0.141. The van der Waals surface area contributed by atoms with Gasteiger partial charge in [-0.3, -0.25) is 9.10 Å². The van der Waals surface area contributed by atoms with Crippen LogP contribution in [0.5, 0.6) is 5.75 Å². The van der Waals surface area contributed by atoms with Crippen LogP contribution in [0.25, 0.3) is 0 Å². The number of hydrogen-bond donors (Lipinski definition) is 1. The molecule has 0 bridgehead atoms. The second kappa shape index (κ2) is 12.3. The first-order chi connectivity index (χ1) is 17.1. The van der Waals surface area contributed by atoms with Gasteiger partial charge in [-0.05, 0) is 79.6 Å². The monoisotopic (exact) mass is 526 g/mol. The number of nitrogens with zero attached hydrogens (tertiary/aromatic N) is 1. The van der Waals surface area contributed by atoms with Crippen molar-refractivity contribution in [3.05, 3.63) is 83.9 Å². The van der Waals surface area contributed by atoms with Gasteiger partial charge in [-0.15, -0.1) is 11.8 Å². The number of amides is 1. The molecule has 1 amide bonds. The highest BCUT2D eigenvalue weighted by atomic mass is 32.2. The molecule has 0 saturated carbocycles. The summed E-state index contributed by atoms with van der Waals surface area (Å²) in [6.45, 7) is 5.77. The van der Waals surface area contributed by atoms with E-state index in [-0.39, 0.29) is 23.4 Å². The fourth-order valence-electron chi connectivity index (χ4n) is 3.86. The van der Waals surface area contributed by atoms with E-state index in [2.05, 4.69) is 19.2 Å². The van der Waals surface area contributed by atoms with Crippen LogP contribution < -0.4 is 14.4 Å². The summed E-state index contributed by atoms with van der Waals surface area (Å²) >= 11 is 1.54. The molecule has 1 atom stereocenters. The smallest absolute Gasteiger partial charge is 0.264 e. The Balaban J connectivity index is 1.91. The van der Waals surface area contributed by atoms with Crippen molar-refractivity contribution in [2.45, 2.75) is 43.0 Å². The van der Waals surface area contributed by atoms with Crippen molar-refractivity contribution >= 4 is 33.4 Å². The van der Waals surface area contributed by atoms with Gasteiger partial charge in [0.1, 0.15) is 12.3 Å². The van der Waals surface area contributed by atoms with Crippen LogP contribution in [0.3, 0.4) is 0 Å². The Bertz CT molecular complexity index is 1240. The molecule has 1 N–H and O–H groups in total. The number of thioether (sulfide) groups is 1. The van der Waals surface area contributed by atoms with Crippen LogP contribution in [0.1, 0.15) is 37.4 Å². The molecule has 3 aromatic rings. The molecule has 3 rings (SSSR count). The average molecular weight is 527 g/mol. The van der Waals surface area contributed by atoms with Gasteiger partial charge in [0.05, 0.1) is 23.7 Å². The van der Waals surface area contributed by atoms with E-state index < -0.39 is 10.0 Å². The molecule has 0 radical (unpaired) electrons. The lowest BCUT2D eigenvalue weighted by Gasteiger charge is -2.27. The van der Waals surface area contributed by atoms with Crippen LogP contribution in [0.2, 0.25) is 0 Å². The van der Waals surface area contributed by atoms with E-state index in [9.17, 15) is 13.2 Å². The van der Waals surface area contributed by atoms with Gasteiger partial charge >= 0.3 is 0 Å². The summed E-state index contributed by atoms with van der Waals surface area (Å²) in [6.07, 6.45) is 2.65. The molecule has 0 aromatic heterocycles. The van der Waals surface area contributed by atoms with Crippen LogP contribution in [-0.2, 0) is 14.8 Å². The summed E-state index contributed by atoms with van der Waals surface area (Å²) in [5.41, 5.74) is 2.38. The van der Waals surface area contributed by atoms with Gasteiger partial charge in [-0.1, -0.05) is 43.7 Å². The van der Waals surface area contributed by atoms with E-state index in [1.807, 2.05) is 49.6 Å². The van der Waals surface area contributed by atoms with E-state index in [0.717, 1.165) is 21.8 Å². The van der Waals surface area contributed by atoms with Crippen molar-refractivity contribution in [2.75, 3.05) is 24.2 Å². The summed E-state index contributed by atoms with van der Waals surface area (Å²) in [7, 11) is -2.36. The third-order valence-electron chi connectivity index (χ3n) is 5.82. The van der Waals surface area contributed by atoms with Crippen LogP contribution in [-0.4, -0.2) is 34.2 Å². The molecule has 8 heteroatoms. The number of methoxy groups -OCH3 is 1. The highest BCUT2D eigenvalue weighted by molar-refractivity contribution is 7.98. The highest BCUT2D eigenvalue weighted by Crippen LogP contribution is 2.27. The number of hydrogen-bond acceptors (Lipinski definition) is 5. The molecule has 0 heterocycles. The third kappa shape index (κ3) is 7.04. The molecule has 0 aliphatic heterocycles. The zero-order valence-corrected chi connectivity index (χ0v) is 23.0. The lowest BCUT2D eigenvalue weighted by molar-refractivity contribution is -0.120. The van der Waals surface area contributed by atoms with E-state index >= 15 is 0 Å². The number of ether oxygens (including phenoxy) is 1. The Morgan fingerprint density at radius 3 is 2.11 bits per heavy atom. The van der Waals surface area contributed by atoms with Crippen LogP contribution in [0, 0.1) is 12.8 Å². The first-order valence-electron chi connectivity index (χ1n) is 11.8. The summed E-state index contributed by atoms with van der Waals surface area (Å²) < 4.78 is 33.8. The zero-order valence-electron chi connectivity index (χ0n) is 21.4. The molecule has 0 unspecified atom stereocenters. The number of benzene rings is 3. The summed E-state index contributed by atoms with van der Waals surface area (Å²) in [6, 6.07) is 21.1. The van der Waals surface area contributed by atoms with Gasteiger partial charge in [0.15, 0.2) is 0 Å². The van der Waals surface area contributed by atoms with Gasteiger partial charge in [0.2, 0.25) is 5.91 Å². The van der Waals surface area contributed by atoms with Crippen LogP contribution in [0.15, 0.2) is 82.6 Å². The molecule has 3 aromatic carbocycles. The van der Waals surface area contributed by atoms with Crippen molar-refractivity contribution in [1.82, 2.24) is 5.32 Å². The summed E-state index contributed by atoms with van der Waals surface area (Å²) in [4.78, 5) is 14.4. The van der Waals surface area contributed by atoms with Gasteiger partial charge in [0.25, 0.3) is 10.0 Å². The Labute approximate surface area is 219 Å². The maximum atomic E-state index is 13.7. The normalized spacial score (nSPS) is 12.3. The number of sulfonamides is 1. The predicted octanol–water partition coefficient (Wildman–Crippen LogP) is 5.82. The number of aryl methyl sites for hydroxylation is 1. The first-order valence-corrected chi connectivity index (χ1v) is 14.5. The van der Waals surface area contributed by atoms with Crippen molar-refractivity contribution in [3.8, 4) is 5.75 Å². The number of nitrogens with one attached hydrogen (secondary N) is 1. The van der Waals surface area contributed by atoms with E-state index in [0.29, 0.717) is 18.0 Å². The molecule has 0 aliphatic carbocycles. The second-order valence-electron chi connectivity index (χ2n) is 9.05. The topological polar surface area (TPSA) is 75.7 Å². The molecule has 36 heavy (non-hydrogen) atoms. The standard InChI is InChI=1S/C28H34N2O4S2/c1-20(2)18-27(22-8-12-24(34-4)13-9-22)29-28(31)19-30(23-10-6-21(3)7-11-23)36(32,33)26-16-14-25(35-5)15-17-26/h6-17,20,27H,18-19H2,1-5H3,(H,29,31)/t27-/m0/s1. The predicted molar refractivity (Wildman–Crippen MR) is 147 cm³/mol. The largest absolute Gasteiger partial charge is 0.497 e.